The molecule has 25 heavy (non-hydrogen) atoms. The number of amides is 1. The molecule has 0 saturated heterocycles. The maximum Gasteiger partial charge on any atom is 0.305 e. The largest absolute Gasteiger partial charge is 0.481 e. The Labute approximate surface area is 144 Å². The topological polar surface area (TPSA) is 110 Å². The number of carbonyl (C=O) groups is 2. The molecule has 7 heteroatoms. The highest BCUT2D eigenvalue weighted by molar-refractivity contribution is 5.95. The van der Waals surface area contributed by atoms with Gasteiger partial charge in [-0.1, -0.05) is 18.2 Å². The molecule has 0 bridgehead atoms. The van der Waals surface area contributed by atoms with E-state index in [0.29, 0.717) is 11.1 Å². The second kappa shape index (κ2) is 7.57. The first-order chi connectivity index (χ1) is 11.8. The predicted octanol–water partition coefficient (Wildman–Crippen LogP) is 3.16. The van der Waals surface area contributed by atoms with Gasteiger partial charge in [0.2, 0.25) is 0 Å². The molecule has 130 valence electrons. The summed E-state index contributed by atoms with van der Waals surface area (Å²) in [5.41, 5.74) is 2.60. The number of aryl methyl sites for hydroxylation is 2. The van der Waals surface area contributed by atoms with Gasteiger partial charge in [0.1, 0.15) is 0 Å². The minimum Gasteiger partial charge on any atom is -0.481 e. The standard InChI is InChI=1S/C18H18N2O5/c1-11-6-7-14(8-12(11)2)18(23)19-16(10-17(21)22)13-4-3-5-15(9-13)20(24)25/h3-9,16H,10H2,1-2H3,(H,19,23)(H,21,22)/t16-/m1/s1. The lowest BCUT2D eigenvalue weighted by Crippen LogP contribution is -2.30. The summed E-state index contributed by atoms with van der Waals surface area (Å²) in [7, 11) is 0. The first-order valence-corrected chi connectivity index (χ1v) is 7.62. The molecule has 2 N–H and O–H groups in total. The molecule has 2 aromatic rings. The van der Waals surface area contributed by atoms with Crippen molar-refractivity contribution in [1.82, 2.24) is 5.32 Å². The summed E-state index contributed by atoms with van der Waals surface area (Å²) < 4.78 is 0. The number of hydrogen-bond acceptors (Lipinski definition) is 4. The van der Waals surface area contributed by atoms with Gasteiger partial charge in [0.05, 0.1) is 17.4 Å². The average Bonchev–Trinajstić information content (AvgIpc) is 2.56. The van der Waals surface area contributed by atoms with Crippen LogP contribution in [0.5, 0.6) is 0 Å². The van der Waals surface area contributed by atoms with Gasteiger partial charge in [0.25, 0.3) is 11.6 Å². The van der Waals surface area contributed by atoms with Gasteiger partial charge >= 0.3 is 5.97 Å². The fourth-order valence-corrected chi connectivity index (χ4v) is 2.41. The number of benzene rings is 2. The van der Waals surface area contributed by atoms with Crippen molar-refractivity contribution in [3.05, 3.63) is 74.8 Å². The minimum atomic E-state index is -1.11. The minimum absolute atomic E-state index is 0.159. The van der Waals surface area contributed by atoms with Gasteiger partial charge in [-0.3, -0.25) is 19.7 Å². The molecule has 0 radical (unpaired) electrons. The summed E-state index contributed by atoms with van der Waals surface area (Å²) in [5.74, 6) is -1.54. The molecular formula is C18H18N2O5. The van der Waals surface area contributed by atoms with E-state index >= 15 is 0 Å². The van der Waals surface area contributed by atoms with E-state index < -0.39 is 22.8 Å². The summed E-state index contributed by atoms with van der Waals surface area (Å²) in [5, 5.41) is 22.7. The lowest BCUT2D eigenvalue weighted by atomic mass is 10.0. The summed E-state index contributed by atoms with van der Waals surface area (Å²) in [6.45, 7) is 3.80. The highest BCUT2D eigenvalue weighted by atomic mass is 16.6. The summed E-state index contributed by atoms with van der Waals surface area (Å²) in [6.07, 6.45) is -0.377. The molecule has 0 aliphatic carbocycles. The Hall–Kier alpha value is -3.22. The third kappa shape index (κ3) is 4.63. The van der Waals surface area contributed by atoms with E-state index in [1.54, 1.807) is 18.2 Å². The van der Waals surface area contributed by atoms with Crippen LogP contribution in [0.15, 0.2) is 42.5 Å². The number of nitro groups is 1. The van der Waals surface area contributed by atoms with Crippen LogP contribution in [-0.4, -0.2) is 21.9 Å². The van der Waals surface area contributed by atoms with Gasteiger partial charge in [0.15, 0.2) is 0 Å². The zero-order chi connectivity index (χ0) is 18.6. The molecule has 1 atom stereocenters. The van der Waals surface area contributed by atoms with Crippen molar-refractivity contribution in [3.63, 3.8) is 0 Å². The van der Waals surface area contributed by atoms with Crippen molar-refractivity contribution in [2.75, 3.05) is 0 Å². The van der Waals surface area contributed by atoms with Crippen LogP contribution in [0, 0.1) is 24.0 Å². The van der Waals surface area contributed by atoms with Crippen molar-refractivity contribution in [2.24, 2.45) is 0 Å². The van der Waals surface area contributed by atoms with Crippen molar-refractivity contribution in [3.8, 4) is 0 Å². The number of rotatable bonds is 6. The maximum atomic E-state index is 12.5. The predicted molar refractivity (Wildman–Crippen MR) is 91.5 cm³/mol. The van der Waals surface area contributed by atoms with Gasteiger partial charge in [-0.2, -0.15) is 0 Å². The molecule has 7 nitrogen and oxygen atoms in total. The van der Waals surface area contributed by atoms with Crippen LogP contribution in [0.1, 0.15) is 39.5 Å². The van der Waals surface area contributed by atoms with E-state index in [9.17, 15) is 19.7 Å². The van der Waals surface area contributed by atoms with Crippen molar-refractivity contribution >= 4 is 17.6 Å². The first kappa shape index (κ1) is 18.1. The van der Waals surface area contributed by atoms with Gasteiger partial charge in [-0.15, -0.1) is 0 Å². The van der Waals surface area contributed by atoms with Crippen molar-refractivity contribution < 1.29 is 19.6 Å². The van der Waals surface area contributed by atoms with E-state index in [1.807, 2.05) is 19.9 Å². The number of aliphatic carboxylic acids is 1. The number of nitrogens with zero attached hydrogens (tertiary/aromatic N) is 1. The molecule has 0 heterocycles. The maximum absolute atomic E-state index is 12.5. The summed E-state index contributed by atoms with van der Waals surface area (Å²) >= 11 is 0. The number of nitro benzene ring substituents is 1. The van der Waals surface area contributed by atoms with Crippen LogP contribution in [0.3, 0.4) is 0 Å². The first-order valence-electron chi connectivity index (χ1n) is 7.62. The Kier molecular flexibility index (Phi) is 5.49. The number of carboxylic acid groups (broad SMARTS) is 1. The van der Waals surface area contributed by atoms with Crippen LogP contribution >= 0.6 is 0 Å². The third-order valence-electron chi connectivity index (χ3n) is 3.94. The molecule has 0 fully saturated rings. The summed E-state index contributed by atoms with van der Waals surface area (Å²) in [6, 6.07) is 9.92. The number of non-ortho nitro benzene ring substituents is 1. The number of carboxylic acids is 1. The second-order valence-electron chi connectivity index (χ2n) is 5.78. The SMILES string of the molecule is Cc1ccc(C(=O)N[C@H](CC(=O)O)c2cccc([N+](=O)[O-])c2)cc1C. The van der Waals surface area contributed by atoms with Gasteiger partial charge in [-0.25, -0.2) is 0 Å². The van der Waals surface area contributed by atoms with E-state index in [-0.39, 0.29) is 12.1 Å². The van der Waals surface area contributed by atoms with E-state index in [2.05, 4.69) is 5.32 Å². The Morgan fingerprint density at radius 3 is 2.48 bits per heavy atom. The van der Waals surface area contributed by atoms with Crippen molar-refractivity contribution in [1.29, 1.82) is 0 Å². The monoisotopic (exact) mass is 342 g/mol. The third-order valence-corrected chi connectivity index (χ3v) is 3.94. The second-order valence-corrected chi connectivity index (χ2v) is 5.78. The van der Waals surface area contributed by atoms with Crippen molar-refractivity contribution in [2.45, 2.75) is 26.3 Å². The van der Waals surface area contributed by atoms with Crippen LogP contribution in [0.2, 0.25) is 0 Å². The number of carbonyl (C=O) groups excluding carboxylic acids is 1. The smallest absolute Gasteiger partial charge is 0.305 e. The number of nitrogens with one attached hydrogen (secondary N) is 1. The lowest BCUT2D eigenvalue weighted by Gasteiger charge is -2.18. The van der Waals surface area contributed by atoms with Crippen LogP contribution in [0.4, 0.5) is 5.69 Å². The lowest BCUT2D eigenvalue weighted by molar-refractivity contribution is -0.384. The highest BCUT2D eigenvalue weighted by Gasteiger charge is 2.21. The zero-order valence-electron chi connectivity index (χ0n) is 13.9. The zero-order valence-corrected chi connectivity index (χ0v) is 13.9. The average molecular weight is 342 g/mol. The van der Waals surface area contributed by atoms with E-state index in [1.165, 1.54) is 18.2 Å². The van der Waals surface area contributed by atoms with Crippen LogP contribution in [-0.2, 0) is 4.79 Å². The Morgan fingerprint density at radius 1 is 1.16 bits per heavy atom. The molecule has 0 spiro atoms. The molecule has 2 aromatic carbocycles. The van der Waals surface area contributed by atoms with Gasteiger partial charge in [-0.05, 0) is 42.7 Å². The Morgan fingerprint density at radius 2 is 1.88 bits per heavy atom. The van der Waals surface area contributed by atoms with E-state index in [0.717, 1.165) is 11.1 Å². The quantitative estimate of drug-likeness (QED) is 0.619. The fourth-order valence-electron chi connectivity index (χ4n) is 2.41. The molecule has 2 rings (SSSR count). The molecule has 0 aliphatic heterocycles. The van der Waals surface area contributed by atoms with E-state index in [4.69, 9.17) is 5.11 Å². The molecule has 0 unspecified atom stereocenters. The van der Waals surface area contributed by atoms with Crippen LogP contribution in [0.25, 0.3) is 0 Å². The number of hydrogen-bond donors (Lipinski definition) is 2. The summed E-state index contributed by atoms with van der Waals surface area (Å²) in [4.78, 5) is 33.9. The van der Waals surface area contributed by atoms with Gasteiger partial charge < -0.3 is 10.4 Å². The Bertz CT molecular complexity index is 832. The molecule has 0 saturated carbocycles. The Balaban J connectivity index is 2.29. The fraction of sp³-hybridized carbons (Fsp3) is 0.222. The normalized spacial score (nSPS) is 11.6. The molecule has 0 aromatic heterocycles. The van der Waals surface area contributed by atoms with Crippen LogP contribution < -0.4 is 5.32 Å². The molecule has 1 amide bonds. The molecular weight excluding hydrogens is 324 g/mol. The highest BCUT2D eigenvalue weighted by Crippen LogP contribution is 2.22. The van der Waals surface area contributed by atoms with Gasteiger partial charge in [0, 0.05) is 17.7 Å². The molecule has 0 aliphatic rings.